The van der Waals surface area contributed by atoms with Gasteiger partial charge < -0.3 is 15.5 Å². The number of carbonyl (C=O) groups excluding carboxylic acids is 1. The Balaban J connectivity index is 4.01. The molecule has 0 aliphatic carbocycles. The molecule has 0 saturated heterocycles. The summed E-state index contributed by atoms with van der Waals surface area (Å²) in [6.07, 6.45) is 1.71. The summed E-state index contributed by atoms with van der Waals surface area (Å²) in [6, 6.07) is 0. The highest BCUT2D eigenvalue weighted by Crippen LogP contribution is 2.14. The van der Waals surface area contributed by atoms with E-state index in [0.717, 1.165) is 6.42 Å². The van der Waals surface area contributed by atoms with E-state index < -0.39 is 6.10 Å². The molecule has 3 N–H and O–H groups in total. The molecule has 15 heavy (non-hydrogen) atoms. The SMILES string of the molecule is CCC(C)(CCO)NC(=O)CCC(C)O. The minimum Gasteiger partial charge on any atom is -0.396 e. The molecule has 90 valence electrons. The molecule has 0 aromatic carbocycles. The molecule has 0 saturated carbocycles. The van der Waals surface area contributed by atoms with Crippen LogP contribution >= 0.6 is 0 Å². The van der Waals surface area contributed by atoms with Crippen molar-refractivity contribution >= 4 is 5.91 Å². The fraction of sp³-hybridized carbons (Fsp3) is 0.909. The molecule has 2 atom stereocenters. The van der Waals surface area contributed by atoms with Gasteiger partial charge in [0.25, 0.3) is 0 Å². The third kappa shape index (κ3) is 6.47. The van der Waals surface area contributed by atoms with E-state index in [1.165, 1.54) is 0 Å². The van der Waals surface area contributed by atoms with Gasteiger partial charge in [-0.15, -0.1) is 0 Å². The van der Waals surface area contributed by atoms with Crippen molar-refractivity contribution in [3.63, 3.8) is 0 Å². The molecule has 0 rings (SSSR count). The van der Waals surface area contributed by atoms with Crippen LogP contribution in [-0.4, -0.2) is 34.4 Å². The monoisotopic (exact) mass is 217 g/mol. The number of hydrogen-bond donors (Lipinski definition) is 3. The van der Waals surface area contributed by atoms with Gasteiger partial charge in [0.05, 0.1) is 6.10 Å². The lowest BCUT2D eigenvalue weighted by Gasteiger charge is -2.29. The van der Waals surface area contributed by atoms with E-state index in [1.807, 2.05) is 13.8 Å². The molecule has 0 aromatic rings. The second kappa shape index (κ2) is 6.80. The minimum absolute atomic E-state index is 0.0614. The highest BCUT2D eigenvalue weighted by Gasteiger charge is 2.23. The van der Waals surface area contributed by atoms with Gasteiger partial charge in [-0.3, -0.25) is 4.79 Å². The Morgan fingerprint density at radius 1 is 1.53 bits per heavy atom. The number of carbonyl (C=O) groups is 1. The van der Waals surface area contributed by atoms with Crippen LogP contribution in [0.5, 0.6) is 0 Å². The molecule has 0 bridgehead atoms. The van der Waals surface area contributed by atoms with Crippen molar-refractivity contribution in [1.82, 2.24) is 5.32 Å². The molecule has 4 heteroatoms. The zero-order chi connectivity index (χ0) is 11.9. The number of rotatable bonds is 7. The summed E-state index contributed by atoms with van der Waals surface area (Å²) in [5.41, 5.74) is -0.329. The lowest BCUT2D eigenvalue weighted by atomic mass is 9.94. The number of nitrogens with one attached hydrogen (secondary N) is 1. The molecule has 0 heterocycles. The summed E-state index contributed by atoms with van der Waals surface area (Å²) < 4.78 is 0. The number of amides is 1. The van der Waals surface area contributed by atoms with Crippen molar-refractivity contribution in [2.24, 2.45) is 0 Å². The Labute approximate surface area is 91.7 Å². The van der Waals surface area contributed by atoms with Crippen LogP contribution in [0.25, 0.3) is 0 Å². The molecular weight excluding hydrogens is 194 g/mol. The second-order valence-corrected chi connectivity index (χ2v) is 4.32. The van der Waals surface area contributed by atoms with Gasteiger partial charge in [0, 0.05) is 18.6 Å². The second-order valence-electron chi connectivity index (χ2n) is 4.32. The van der Waals surface area contributed by atoms with Crippen molar-refractivity contribution in [1.29, 1.82) is 0 Å². The minimum atomic E-state index is -0.443. The van der Waals surface area contributed by atoms with E-state index in [1.54, 1.807) is 6.92 Å². The lowest BCUT2D eigenvalue weighted by molar-refractivity contribution is -0.123. The third-order valence-electron chi connectivity index (χ3n) is 2.67. The van der Waals surface area contributed by atoms with E-state index in [4.69, 9.17) is 10.2 Å². The molecule has 0 aliphatic rings. The van der Waals surface area contributed by atoms with Crippen LogP contribution in [0, 0.1) is 0 Å². The normalized spacial score (nSPS) is 16.9. The van der Waals surface area contributed by atoms with E-state index in [9.17, 15) is 4.79 Å². The first kappa shape index (κ1) is 14.4. The van der Waals surface area contributed by atoms with Crippen LogP contribution in [-0.2, 0) is 4.79 Å². The maximum atomic E-state index is 11.5. The van der Waals surface area contributed by atoms with E-state index >= 15 is 0 Å². The predicted molar refractivity (Wildman–Crippen MR) is 59.5 cm³/mol. The van der Waals surface area contributed by atoms with Crippen LogP contribution in [0.4, 0.5) is 0 Å². The van der Waals surface area contributed by atoms with E-state index in [0.29, 0.717) is 19.3 Å². The van der Waals surface area contributed by atoms with Crippen LogP contribution < -0.4 is 5.32 Å². The van der Waals surface area contributed by atoms with Gasteiger partial charge in [0.2, 0.25) is 5.91 Å². The molecule has 1 amide bonds. The van der Waals surface area contributed by atoms with Gasteiger partial charge in [0.1, 0.15) is 0 Å². The fourth-order valence-corrected chi connectivity index (χ4v) is 1.31. The quantitative estimate of drug-likeness (QED) is 0.591. The van der Waals surface area contributed by atoms with Crippen molar-refractivity contribution in [3.8, 4) is 0 Å². The Morgan fingerprint density at radius 2 is 2.13 bits per heavy atom. The molecule has 2 unspecified atom stereocenters. The molecule has 0 aromatic heterocycles. The predicted octanol–water partition coefficient (Wildman–Crippen LogP) is 0.815. The lowest BCUT2D eigenvalue weighted by Crippen LogP contribution is -2.46. The Hall–Kier alpha value is -0.610. The highest BCUT2D eigenvalue weighted by atomic mass is 16.3. The first-order chi connectivity index (χ1) is 6.93. The van der Waals surface area contributed by atoms with Gasteiger partial charge in [0.15, 0.2) is 0 Å². The first-order valence-electron chi connectivity index (χ1n) is 5.53. The molecule has 0 aliphatic heterocycles. The summed E-state index contributed by atoms with van der Waals surface area (Å²) in [4.78, 5) is 11.5. The Morgan fingerprint density at radius 3 is 2.53 bits per heavy atom. The maximum Gasteiger partial charge on any atom is 0.220 e. The van der Waals surface area contributed by atoms with Crippen molar-refractivity contribution in [3.05, 3.63) is 0 Å². The molecule has 0 radical (unpaired) electrons. The fourth-order valence-electron chi connectivity index (χ4n) is 1.31. The number of aliphatic hydroxyl groups is 2. The van der Waals surface area contributed by atoms with Gasteiger partial charge in [-0.25, -0.2) is 0 Å². The maximum absolute atomic E-state index is 11.5. The summed E-state index contributed by atoms with van der Waals surface area (Å²) in [5, 5.41) is 20.8. The summed E-state index contributed by atoms with van der Waals surface area (Å²) >= 11 is 0. The molecule has 4 nitrogen and oxygen atoms in total. The average molecular weight is 217 g/mol. The summed E-state index contributed by atoms with van der Waals surface area (Å²) in [7, 11) is 0. The van der Waals surface area contributed by atoms with Crippen molar-refractivity contribution in [2.75, 3.05) is 6.61 Å². The van der Waals surface area contributed by atoms with Crippen molar-refractivity contribution in [2.45, 2.75) is 58.1 Å². The third-order valence-corrected chi connectivity index (χ3v) is 2.67. The van der Waals surface area contributed by atoms with Crippen LogP contribution in [0.1, 0.15) is 46.5 Å². The molecular formula is C11H23NO3. The standard InChI is InChI=1S/C11H23NO3/c1-4-11(3,7-8-13)12-10(15)6-5-9(2)14/h9,13-14H,4-8H2,1-3H3,(H,12,15). The van der Waals surface area contributed by atoms with Crippen LogP contribution in [0.15, 0.2) is 0 Å². The number of hydrogen-bond acceptors (Lipinski definition) is 3. The Kier molecular flexibility index (Phi) is 6.52. The molecule has 0 fully saturated rings. The van der Waals surface area contributed by atoms with Gasteiger partial charge in [-0.2, -0.15) is 0 Å². The van der Waals surface area contributed by atoms with E-state index in [2.05, 4.69) is 5.32 Å². The zero-order valence-electron chi connectivity index (χ0n) is 9.92. The first-order valence-corrected chi connectivity index (χ1v) is 5.53. The summed E-state index contributed by atoms with van der Waals surface area (Å²) in [5.74, 6) is -0.0614. The van der Waals surface area contributed by atoms with Crippen molar-refractivity contribution < 1.29 is 15.0 Å². The summed E-state index contributed by atoms with van der Waals surface area (Å²) in [6.45, 7) is 5.63. The van der Waals surface area contributed by atoms with E-state index in [-0.39, 0.29) is 18.1 Å². The largest absolute Gasteiger partial charge is 0.396 e. The molecule has 0 spiro atoms. The smallest absolute Gasteiger partial charge is 0.220 e. The van der Waals surface area contributed by atoms with Gasteiger partial charge in [-0.05, 0) is 33.1 Å². The topological polar surface area (TPSA) is 69.6 Å². The average Bonchev–Trinajstić information content (AvgIpc) is 2.15. The Bertz CT molecular complexity index is 194. The van der Waals surface area contributed by atoms with Crippen LogP contribution in [0.2, 0.25) is 0 Å². The van der Waals surface area contributed by atoms with Crippen LogP contribution in [0.3, 0.4) is 0 Å². The number of aliphatic hydroxyl groups excluding tert-OH is 2. The zero-order valence-corrected chi connectivity index (χ0v) is 9.92. The van der Waals surface area contributed by atoms with Gasteiger partial charge >= 0.3 is 0 Å². The highest BCUT2D eigenvalue weighted by molar-refractivity contribution is 5.76. The van der Waals surface area contributed by atoms with Gasteiger partial charge in [-0.1, -0.05) is 6.92 Å².